The van der Waals surface area contributed by atoms with E-state index in [0.717, 1.165) is 89.6 Å². The van der Waals surface area contributed by atoms with Crippen molar-refractivity contribution in [3.63, 3.8) is 0 Å². The SMILES string of the molecule is c1ccc(-c2nc(-c3ccccc3)nc(-c3ccc(-n4c5ccccc5c5cc(-c6ccc7c(c6)c6ccccc6n7-c6ccc7c(c6)c6ccccc6n7-c6ccccc6)ccc54)cc3)n2)cc1.c1ccc(-c2nc(-c3ccccc3)nc(-c3cccc(-n4c5ccccc5c5cc(-c6ccc7c(c6)c6ccccc6n7-c6ccc7c(c6)c6ccccc6n7-c6ccccc6)ccc54)c3)n2)cc1. The molecule has 0 unspecified atom stereocenters. The van der Waals surface area contributed by atoms with Crippen LogP contribution in [0.4, 0.5) is 0 Å². The fraction of sp³-hybridized carbons (Fsp3) is 0. The quantitative estimate of drug-likeness (QED) is 0.107. The molecular weight excluding hydrogens is 1680 g/mol. The summed E-state index contributed by atoms with van der Waals surface area (Å²) in [4.78, 5) is 29.9. The molecule has 28 rings (SSSR count). The number of benzene rings is 20. The molecule has 12 heteroatoms. The largest absolute Gasteiger partial charge is 0.309 e. The third kappa shape index (κ3) is 13.3. The van der Waals surface area contributed by atoms with Gasteiger partial charge in [-0.2, -0.15) is 0 Å². The molecule has 0 spiro atoms. The van der Waals surface area contributed by atoms with Crippen LogP contribution in [-0.4, -0.2) is 57.3 Å². The highest BCUT2D eigenvalue weighted by molar-refractivity contribution is 6.17. The van der Waals surface area contributed by atoms with Crippen LogP contribution in [0.1, 0.15) is 0 Å². The summed E-state index contributed by atoms with van der Waals surface area (Å²) in [6.07, 6.45) is 0. The summed E-state index contributed by atoms with van der Waals surface area (Å²) in [6.45, 7) is 0. The fourth-order valence-corrected chi connectivity index (χ4v) is 21.1. The number of rotatable bonds is 14. The van der Waals surface area contributed by atoms with Gasteiger partial charge < -0.3 is 27.4 Å². The first-order chi connectivity index (χ1) is 68.4. The number of nitrogens with zero attached hydrogens (tertiary/aromatic N) is 12. The van der Waals surface area contributed by atoms with Crippen LogP contribution in [0.5, 0.6) is 0 Å². The van der Waals surface area contributed by atoms with E-state index in [1.54, 1.807) is 0 Å². The van der Waals surface area contributed by atoms with Crippen LogP contribution in [0, 0.1) is 0 Å². The maximum atomic E-state index is 5.05. The summed E-state index contributed by atoms with van der Waals surface area (Å²) in [5.74, 6) is 3.83. The lowest BCUT2D eigenvalue weighted by Gasteiger charge is -2.12. The topological polar surface area (TPSA) is 107 Å². The van der Waals surface area contributed by atoms with Gasteiger partial charge in [0.2, 0.25) is 0 Å². The lowest BCUT2D eigenvalue weighted by atomic mass is 10.0. The third-order valence-corrected chi connectivity index (χ3v) is 27.4. The number of hydrogen-bond donors (Lipinski definition) is 0. The first-order valence-corrected chi connectivity index (χ1v) is 46.7. The molecule has 138 heavy (non-hydrogen) atoms. The molecule has 8 heterocycles. The van der Waals surface area contributed by atoms with Crippen molar-refractivity contribution < 1.29 is 0 Å². The van der Waals surface area contributed by atoms with Gasteiger partial charge in [-0.1, -0.05) is 303 Å². The summed E-state index contributed by atoms with van der Waals surface area (Å²) in [6, 6.07) is 173. The van der Waals surface area contributed by atoms with Gasteiger partial charge in [0.1, 0.15) is 0 Å². The van der Waals surface area contributed by atoms with Crippen molar-refractivity contribution in [1.29, 1.82) is 0 Å². The van der Waals surface area contributed by atoms with Crippen LogP contribution < -0.4 is 0 Å². The van der Waals surface area contributed by atoms with Crippen molar-refractivity contribution in [3.8, 4) is 125 Å². The van der Waals surface area contributed by atoms with E-state index in [2.05, 4.69) is 391 Å². The molecule has 12 nitrogen and oxygen atoms in total. The molecule has 0 radical (unpaired) electrons. The maximum Gasteiger partial charge on any atom is 0.164 e. The predicted octanol–water partition coefficient (Wildman–Crippen LogP) is 31.7. The van der Waals surface area contributed by atoms with Gasteiger partial charge in [0.15, 0.2) is 34.9 Å². The minimum Gasteiger partial charge on any atom is -0.309 e. The van der Waals surface area contributed by atoms with E-state index >= 15 is 0 Å². The first-order valence-electron chi connectivity index (χ1n) is 46.7. The van der Waals surface area contributed by atoms with Gasteiger partial charge in [-0.15, -0.1) is 0 Å². The summed E-state index contributed by atoms with van der Waals surface area (Å²) in [7, 11) is 0. The fourth-order valence-electron chi connectivity index (χ4n) is 21.1. The molecule has 0 aliphatic carbocycles. The lowest BCUT2D eigenvalue weighted by molar-refractivity contribution is 1.07. The lowest BCUT2D eigenvalue weighted by Crippen LogP contribution is -2.01. The van der Waals surface area contributed by atoms with E-state index in [0.29, 0.717) is 34.9 Å². The highest BCUT2D eigenvalue weighted by Gasteiger charge is 2.25. The molecule has 0 aliphatic rings. The zero-order valence-electron chi connectivity index (χ0n) is 74.6. The molecule has 0 bridgehead atoms. The monoisotopic (exact) mass is 1760 g/mol. The third-order valence-electron chi connectivity index (χ3n) is 27.4. The Balaban J connectivity index is 0.000000139. The molecule has 0 saturated heterocycles. The second kappa shape index (κ2) is 32.6. The van der Waals surface area contributed by atoms with E-state index in [1.165, 1.54) is 131 Å². The zero-order valence-corrected chi connectivity index (χ0v) is 74.6. The molecule has 0 fully saturated rings. The van der Waals surface area contributed by atoms with Crippen molar-refractivity contribution in [2.24, 2.45) is 0 Å². The van der Waals surface area contributed by atoms with Gasteiger partial charge >= 0.3 is 0 Å². The normalized spacial score (nSPS) is 11.8. The van der Waals surface area contributed by atoms with E-state index in [1.807, 2.05) is 121 Å². The standard InChI is InChI=1S/2C63H40N6/c1-4-17-41(18-5-1)61-64-62(42-19-6-2-7-20-42)66-63(65-61)45-21-16-24-47(37-45)68-56-29-14-10-25-49(56)52-38-43(31-34-58(52)68)44-32-35-59-53(39-44)50-26-11-15-30-57(50)69(59)48-33-36-60-54(40-48)51-27-12-13-28-55(51)67(60)46-22-8-3-9-23-46;1-4-16-41(17-5-1)61-64-62(42-18-6-2-7-19-42)66-63(65-61)43-28-32-47(33-29-43)68-55-25-13-10-22-49(55)52-38-44(30-35-58(52)68)45-31-36-59-53(39-45)50-23-11-15-27-57(50)69(59)48-34-37-60-54(40-48)51-24-12-14-26-56(51)67(60)46-20-8-3-9-21-46/h2*1-40H. The second-order valence-electron chi connectivity index (χ2n) is 35.3. The molecule has 0 aliphatic heterocycles. The van der Waals surface area contributed by atoms with Gasteiger partial charge in [0, 0.05) is 132 Å². The summed E-state index contributed by atoms with van der Waals surface area (Å²) >= 11 is 0. The highest BCUT2D eigenvalue weighted by Crippen LogP contribution is 2.46. The molecular formula is C126H80N12. The summed E-state index contributed by atoms with van der Waals surface area (Å²) < 4.78 is 14.3. The Hall–Kier alpha value is -18.8. The van der Waals surface area contributed by atoms with Gasteiger partial charge in [-0.05, 0) is 204 Å². The van der Waals surface area contributed by atoms with Crippen molar-refractivity contribution in [2.45, 2.75) is 0 Å². The molecule has 0 atom stereocenters. The van der Waals surface area contributed by atoms with E-state index in [9.17, 15) is 0 Å². The number of aromatic nitrogens is 12. The Morgan fingerprint density at radius 3 is 0.558 bits per heavy atom. The maximum absolute atomic E-state index is 5.05. The number of fused-ring (bicyclic) bond motifs is 18. The minimum absolute atomic E-state index is 0.626. The molecule has 0 saturated carbocycles. The molecule has 8 aromatic heterocycles. The average molecular weight is 1760 g/mol. The van der Waals surface area contributed by atoms with Crippen LogP contribution in [-0.2, 0) is 0 Å². The Bertz CT molecular complexity index is 9580. The van der Waals surface area contributed by atoms with Crippen LogP contribution in [0.15, 0.2) is 485 Å². The van der Waals surface area contributed by atoms with E-state index in [-0.39, 0.29) is 0 Å². The minimum atomic E-state index is 0.626. The van der Waals surface area contributed by atoms with Gasteiger partial charge in [0.05, 0.1) is 66.2 Å². The van der Waals surface area contributed by atoms with Crippen molar-refractivity contribution in [2.75, 3.05) is 0 Å². The molecule has 0 N–H and O–H groups in total. The number of para-hydroxylation sites is 8. The molecule has 0 amide bonds. The Kier molecular flexibility index (Phi) is 18.7. The number of hydrogen-bond acceptors (Lipinski definition) is 6. The summed E-state index contributed by atoms with van der Waals surface area (Å²) in [5, 5.41) is 14.6. The Morgan fingerprint density at radius 1 is 0.101 bits per heavy atom. The van der Waals surface area contributed by atoms with Gasteiger partial charge in [0.25, 0.3) is 0 Å². The zero-order chi connectivity index (χ0) is 90.8. The van der Waals surface area contributed by atoms with Gasteiger partial charge in [-0.25, -0.2) is 29.9 Å². The van der Waals surface area contributed by atoms with E-state index < -0.39 is 0 Å². The molecule has 28 aromatic rings. The van der Waals surface area contributed by atoms with Crippen LogP contribution in [0.25, 0.3) is 256 Å². The molecule has 20 aromatic carbocycles. The average Bonchev–Trinajstić information content (AvgIpc) is 1.51. The first kappa shape index (κ1) is 79.0. The van der Waals surface area contributed by atoms with Crippen LogP contribution >= 0.6 is 0 Å². The smallest absolute Gasteiger partial charge is 0.164 e. The van der Waals surface area contributed by atoms with Crippen LogP contribution in [0.2, 0.25) is 0 Å². The Morgan fingerprint density at radius 2 is 0.275 bits per heavy atom. The predicted molar refractivity (Wildman–Crippen MR) is 569 cm³/mol. The van der Waals surface area contributed by atoms with Crippen LogP contribution in [0.3, 0.4) is 0 Å². The van der Waals surface area contributed by atoms with Crippen molar-refractivity contribution >= 4 is 131 Å². The van der Waals surface area contributed by atoms with Gasteiger partial charge in [-0.3, -0.25) is 0 Å². The van der Waals surface area contributed by atoms with Crippen molar-refractivity contribution in [3.05, 3.63) is 485 Å². The van der Waals surface area contributed by atoms with E-state index in [4.69, 9.17) is 29.9 Å². The summed E-state index contributed by atoms with van der Waals surface area (Å²) in [5.41, 5.74) is 31.1. The Labute approximate surface area is 792 Å². The van der Waals surface area contributed by atoms with Crippen molar-refractivity contribution in [1.82, 2.24) is 57.3 Å². The molecule has 644 valence electrons. The second-order valence-corrected chi connectivity index (χ2v) is 35.3. The highest BCUT2D eigenvalue weighted by atomic mass is 15.1.